The zero-order valence-electron chi connectivity index (χ0n) is 81.0. The molecule has 0 unspecified atom stereocenters. The van der Waals surface area contributed by atoms with Gasteiger partial charge in [-0.15, -0.1) is 20.5 Å². The maximum atomic E-state index is 10.6. The first-order chi connectivity index (χ1) is 67.8. The van der Waals surface area contributed by atoms with Gasteiger partial charge in [0.2, 0.25) is 11.4 Å². The summed E-state index contributed by atoms with van der Waals surface area (Å²) in [7, 11) is 4.53. The molecular weight excluding hydrogens is 1800 g/mol. The van der Waals surface area contributed by atoms with Crippen LogP contribution in [0, 0.1) is 20.2 Å². The zero-order chi connectivity index (χ0) is 98.0. The van der Waals surface area contributed by atoms with E-state index in [9.17, 15) is 40.7 Å². The third kappa shape index (κ3) is 20.2. The summed E-state index contributed by atoms with van der Waals surface area (Å²) < 4.78 is 5.20. The summed E-state index contributed by atoms with van der Waals surface area (Å²) in [5.41, 5.74) is 24.4. The van der Waals surface area contributed by atoms with Crippen LogP contribution >= 0.6 is 0 Å². The molecule has 4 aliphatic rings. The Bertz CT molecular complexity index is 6890. The number of benzene rings is 15. The molecule has 15 aromatic carbocycles. The Hall–Kier alpha value is -16.0. The molecule has 141 heavy (non-hydrogen) atoms. The number of para-hydroxylation sites is 2. The van der Waals surface area contributed by atoms with E-state index in [2.05, 4.69) is 394 Å². The van der Waals surface area contributed by atoms with E-state index in [-0.39, 0.29) is 95.6 Å². The Morgan fingerprint density at radius 1 is 0.355 bits per heavy atom. The smallest absolute Gasteiger partial charge is 0.273 e. The van der Waals surface area contributed by atoms with Crippen molar-refractivity contribution in [2.24, 2.45) is 20.5 Å². The first-order valence-corrected chi connectivity index (χ1v) is 47.8. The zero-order valence-corrected chi connectivity index (χ0v) is 82.0. The number of azo groups is 2. The van der Waals surface area contributed by atoms with E-state index in [0.29, 0.717) is 0 Å². The van der Waals surface area contributed by atoms with Crippen molar-refractivity contribution in [3.63, 3.8) is 0 Å². The standard InChI is InChI=1S/C88H80N4.2C16H18N4O4.Co/c1-85(2)79(45-27-47-81-87(57-63-29-11-7-12-30-63,58-64-31-13-8-14-32-64)73-41-23-25-43-75(73)89(81)5)91(77-55-53-69-37-19-21-39-71(69)83(77)85)61-67-49-51-68(52-50-67)62-92-78-56-54-70-38-20-22-40-72(70)84(78)86(3,4)80(92)46-28-48-82-88(59-65-33-15-9-16-34-65,60-66-35-17-10-18-36-66)74-42-24-26-44-76(74)90(82)6;2*1-3-19(4-2)11-5-7-13(15(21)9-11)17-18-14-8-6-12(20(23)24)10-16(14)22;/h7-56H,57-62H2,1-6H3;2*5-10,21-22H,3-4H2,1-2H3;/q+2;;;. The quantitative estimate of drug-likeness (QED) is 0.0155. The second kappa shape index (κ2) is 42.6. The third-order valence-electron chi connectivity index (χ3n) is 27.9. The minimum absolute atomic E-state index is 0. The van der Waals surface area contributed by atoms with Gasteiger partial charge in [0.15, 0.2) is 24.5 Å². The SMILES string of the molecule is CCN(CC)c1ccc(N=Nc2ccc([N+](=O)[O-])cc2O)c(O)c1.CCN(CC)c1ccc(N=Nc2ccc([N+](=O)[O-])cc2O)c(O)c1.CN1/C(=C/C=C/C2=[N+](Cc3ccc(C[N+]4=C(/C=C/C=C5/N(C)c6ccccc6C5(Cc5ccccc5)Cc5ccccc5)C(C)(C)c5c4ccc4ccccc54)cc3)c3ccc4ccccc4c3C2(C)C)C(Cc2ccccc2)(Cc2ccccc2)c2ccccc21.[Co]. The van der Waals surface area contributed by atoms with Crippen molar-refractivity contribution in [1.29, 1.82) is 0 Å². The molecule has 1 radical (unpaired) electrons. The van der Waals surface area contributed by atoms with E-state index in [0.717, 1.165) is 88.5 Å². The summed E-state index contributed by atoms with van der Waals surface area (Å²) in [5, 5.41) is 81.5. The Kier molecular flexibility index (Phi) is 29.6. The Morgan fingerprint density at radius 2 is 0.652 bits per heavy atom. The molecule has 0 spiro atoms. The predicted molar refractivity (Wildman–Crippen MR) is 567 cm³/mol. The van der Waals surface area contributed by atoms with Crippen LogP contribution in [0.2, 0.25) is 0 Å². The summed E-state index contributed by atoms with van der Waals surface area (Å²) in [5.74, 6) is -0.784. The molecule has 0 atom stereocenters. The molecule has 711 valence electrons. The van der Waals surface area contributed by atoms with E-state index in [4.69, 9.17) is 0 Å². The Balaban J connectivity index is 0.000000238. The van der Waals surface area contributed by atoms with Crippen molar-refractivity contribution in [1.82, 2.24) is 0 Å². The van der Waals surface area contributed by atoms with Gasteiger partial charge in [0.25, 0.3) is 11.4 Å². The van der Waals surface area contributed by atoms with E-state index < -0.39 is 9.85 Å². The topological polar surface area (TPSA) is 236 Å². The number of aromatic hydroxyl groups is 4. The minimum Gasteiger partial charge on any atom is -0.506 e. The summed E-state index contributed by atoms with van der Waals surface area (Å²) in [4.78, 5) is 29.1. The summed E-state index contributed by atoms with van der Waals surface area (Å²) in [6.07, 6.45) is 18.0. The number of nitro benzene ring substituents is 2. The molecule has 4 aliphatic heterocycles. The van der Waals surface area contributed by atoms with Gasteiger partial charge in [-0.1, -0.05) is 243 Å². The maximum absolute atomic E-state index is 10.6. The number of non-ortho nitro benzene ring substituents is 2. The van der Waals surface area contributed by atoms with Crippen LogP contribution in [0.4, 0.5) is 68.2 Å². The van der Waals surface area contributed by atoms with Crippen LogP contribution in [0.15, 0.2) is 408 Å². The van der Waals surface area contributed by atoms with Gasteiger partial charge in [-0.25, -0.2) is 0 Å². The molecule has 21 heteroatoms. The molecule has 20 nitrogen and oxygen atoms in total. The average Bonchev–Trinajstić information content (AvgIpc) is 1.58. The Labute approximate surface area is 834 Å². The first kappa shape index (κ1) is 98.1. The van der Waals surface area contributed by atoms with E-state index in [1.54, 1.807) is 24.3 Å². The number of allylic oxidation sites excluding steroid dienone is 8. The molecule has 0 aromatic heterocycles. The molecule has 15 aromatic rings. The van der Waals surface area contributed by atoms with Crippen molar-refractivity contribution in [3.05, 3.63) is 463 Å². The molecule has 19 rings (SSSR count). The molecule has 0 aliphatic carbocycles. The fourth-order valence-electron chi connectivity index (χ4n) is 21.1. The maximum Gasteiger partial charge on any atom is 0.273 e. The molecule has 0 saturated heterocycles. The van der Waals surface area contributed by atoms with Gasteiger partial charge in [-0.3, -0.25) is 20.2 Å². The summed E-state index contributed by atoms with van der Waals surface area (Å²) in [6.45, 7) is 22.5. The van der Waals surface area contributed by atoms with Gasteiger partial charge in [-0.05, 0) is 209 Å². The van der Waals surface area contributed by atoms with Gasteiger partial charge in [0, 0.05) is 173 Å². The third-order valence-corrected chi connectivity index (χ3v) is 27.9. The van der Waals surface area contributed by atoms with Crippen LogP contribution in [0.5, 0.6) is 23.0 Å². The largest absolute Gasteiger partial charge is 0.506 e. The number of nitrogens with zero attached hydrogens (tertiary/aromatic N) is 12. The summed E-state index contributed by atoms with van der Waals surface area (Å²) >= 11 is 0. The molecule has 4 N–H and O–H groups in total. The fourth-order valence-corrected chi connectivity index (χ4v) is 21.1. The predicted octanol–water partition coefficient (Wildman–Crippen LogP) is 28.3. The van der Waals surface area contributed by atoms with Crippen molar-refractivity contribution in [2.75, 3.05) is 59.9 Å². The molecular formula is C120H116CoN12O8+2. The van der Waals surface area contributed by atoms with Crippen LogP contribution in [-0.4, -0.2) is 91.1 Å². The minimum atomic E-state index is -0.613. The number of hydrogen-bond donors (Lipinski definition) is 4. The molecule has 0 amide bonds. The van der Waals surface area contributed by atoms with Gasteiger partial charge >= 0.3 is 0 Å². The first-order valence-electron chi connectivity index (χ1n) is 47.8. The van der Waals surface area contributed by atoms with Crippen LogP contribution in [0.25, 0.3) is 21.5 Å². The molecule has 0 bridgehead atoms. The number of anilines is 4. The van der Waals surface area contributed by atoms with Crippen LogP contribution < -0.4 is 19.6 Å². The summed E-state index contributed by atoms with van der Waals surface area (Å²) in [6, 6.07) is 116. The number of hydrogen-bond acceptors (Lipinski definition) is 16. The molecule has 0 saturated carbocycles. The fraction of sp³-hybridized carbons (Fsp3) is 0.200. The number of fused-ring (bicyclic) bond motifs is 8. The second-order valence-electron chi connectivity index (χ2n) is 37.1. The van der Waals surface area contributed by atoms with Crippen molar-refractivity contribution < 1.29 is 56.2 Å². The number of likely N-dealkylation sites (N-methyl/N-ethyl adjacent to an activating group) is 2. The van der Waals surface area contributed by atoms with Gasteiger partial charge in [0.05, 0.1) is 32.8 Å². The van der Waals surface area contributed by atoms with Crippen LogP contribution in [-0.2, 0) is 77.2 Å². The normalized spacial score (nSPS) is 15.1. The Morgan fingerprint density at radius 3 is 0.965 bits per heavy atom. The number of phenolic OH excluding ortho intramolecular Hbond substituents is 4. The average molecular weight is 1910 g/mol. The van der Waals surface area contributed by atoms with E-state index in [1.807, 2.05) is 39.8 Å². The number of nitro groups is 2. The van der Waals surface area contributed by atoms with E-state index >= 15 is 0 Å². The van der Waals surface area contributed by atoms with Gasteiger partial charge < -0.3 is 40.0 Å². The van der Waals surface area contributed by atoms with E-state index in [1.165, 1.54) is 147 Å². The molecule has 4 heterocycles. The number of phenols is 4. The van der Waals surface area contributed by atoms with Crippen molar-refractivity contribution >= 4 is 101 Å². The van der Waals surface area contributed by atoms with Crippen LogP contribution in [0.1, 0.15) is 111 Å². The number of rotatable bonds is 28. The molecule has 0 fully saturated rings. The monoisotopic (exact) mass is 1910 g/mol. The second-order valence-corrected chi connectivity index (χ2v) is 37.1. The van der Waals surface area contributed by atoms with Gasteiger partial charge in [-0.2, -0.15) is 9.15 Å². The van der Waals surface area contributed by atoms with Crippen LogP contribution in [0.3, 0.4) is 0 Å². The van der Waals surface area contributed by atoms with Crippen molar-refractivity contribution in [2.45, 2.75) is 116 Å². The van der Waals surface area contributed by atoms with Gasteiger partial charge in [0.1, 0.15) is 45.7 Å². The van der Waals surface area contributed by atoms with Crippen molar-refractivity contribution in [3.8, 4) is 23.0 Å².